The summed E-state index contributed by atoms with van der Waals surface area (Å²) in [5, 5.41) is 2.80. The quantitative estimate of drug-likeness (QED) is 0.823. The fourth-order valence-corrected chi connectivity index (χ4v) is 4.63. The van der Waals surface area contributed by atoms with Crippen molar-refractivity contribution in [2.45, 2.75) is 42.8 Å². The van der Waals surface area contributed by atoms with Gasteiger partial charge in [-0.3, -0.25) is 4.79 Å². The summed E-state index contributed by atoms with van der Waals surface area (Å²) in [6.07, 6.45) is 5.05. The van der Waals surface area contributed by atoms with E-state index in [0.29, 0.717) is 17.2 Å². The first-order valence-corrected chi connectivity index (χ1v) is 11.1. The van der Waals surface area contributed by atoms with Crippen LogP contribution in [0.5, 0.6) is 11.5 Å². The van der Waals surface area contributed by atoms with Crippen LogP contribution in [-0.4, -0.2) is 38.5 Å². The van der Waals surface area contributed by atoms with E-state index in [1.165, 1.54) is 32.6 Å². The van der Waals surface area contributed by atoms with E-state index in [9.17, 15) is 13.2 Å². The number of hydrogen-bond donors (Lipinski definition) is 1. The molecule has 0 atom stereocenters. The highest BCUT2D eigenvalue weighted by Gasteiger charge is 2.42. The average molecular weight is 416 g/mol. The van der Waals surface area contributed by atoms with E-state index in [1.54, 1.807) is 30.3 Å². The predicted octanol–water partition coefficient (Wildman–Crippen LogP) is 3.62. The first kappa shape index (κ1) is 19.7. The van der Waals surface area contributed by atoms with Crippen molar-refractivity contribution in [3.63, 3.8) is 0 Å². The molecule has 1 spiro atoms. The topological polar surface area (TPSA) is 84.9 Å². The van der Waals surface area contributed by atoms with Crippen LogP contribution in [0.4, 0.5) is 5.69 Å². The number of hydrogen-bond acceptors (Lipinski definition) is 5. The molecule has 154 valence electrons. The van der Waals surface area contributed by atoms with Gasteiger partial charge in [0.25, 0.3) is 11.7 Å². The Morgan fingerprint density at radius 2 is 1.72 bits per heavy atom. The molecular formula is C21H24N2O5S. The van der Waals surface area contributed by atoms with E-state index in [-0.39, 0.29) is 10.5 Å². The number of carbonyl (C=O) groups excluding carboxylic acids is 1. The fraction of sp³-hybridized carbons (Fsp3) is 0.381. The van der Waals surface area contributed by atoms with Crippen LogP contribution in [0.1, 0.15) is 42.5 Å². The van der Waals surface area contributed by atoms with Gasteiger partial charge in [0.15, 0.2) is 11.5 Å². The molecule has 1 fully saturated rings. The van der Waals surface area contributed by atoms with Crippen LogP contribution in [0.2, 0.25) is 0 Å². The van der Waals surface area contributed by atoms with Gasteiger partial charge in [0, 0.05) is 44.3 Å². The number of carbonyl (C=O) groups is 1. The Balaban J connectivity index is 1.51. The standard InChI is InChI=1S/C21H24N2O5S/c1-23(2)29(25,26)17-8-6-7-15(13-17)20(24)22-16-9-10-18-19(14-16)28-21(27-18)11-4-3-5-12-21/h6-10,13-14H,3-5,11-12H2,1-2H3,(H,22,24). The van der Waals surface area contributed by atoms with Gasteiger partial charge in [-0.15, -0.1) is 0 Å². The maximum atomic E-state index is 12.7. The molecule has 2 aliphatic rings. The second kappa shape index (κ2) is 7.35. The van der Waals surface area contributed by atoms with Gasteiger partial charge in [-0.05, 0) is 43.2 Å². The zero-order valence-corrected chi connectivity index (χ0v) is 17.3. The SMILES string of the molecule is CN(C)S(=O)(=O)c1cccc(C(=O)Nc2ccc3c(c2)OC2(CCCCC2)O3)c1. The number of sulfonamides is 1. The van der Waals surface area contributed by atoms with E-state index < -0.39 is 21.7 Å². The Labute approximate surface area is 170 Å². The predicted molar refractivity (Wildman–Crippen MR) is 109 cm³/mol. The smallest absolute Gasteiger partial charge is 0.255 e. The van der Waals surface area contributed by atoms with Crippen LogP contribution >= 0.6 is 0 Å². The number of benzene rings is 2. The van der Waals surface area contributed by atoms with Crippen molar-refractivity contribution in [2.24, 2.45) is 0 Å². The molecule has 0 saturated heterocycles. The molecule has 7 nitrogen and oxygen atoms in total. The number of amides is 1. The second-order valence-electron chi connectivity index (χ2n) is 7.61. The van der Waals surface area contributed by atoms with Crippen molar-refractivity contribution in [3.8, 4) is 11.5 Å². The normalized spacial score (nSPS) is 17.5. The highest BCUT2D eigenvalue weighted by molar-refractivity contribution is 7.89. The minimum Gasteiger partial charge on any atom is -0.448 e. The largest absolute Gasteiger partial charge is 0.448 e. The summed E-state index contributed by atoms with van der Waals surface area (Å²) < 4.78 is 37.9. The molecule has 0 bridgehead atoms. The second-order valence-corrected chi connectivity index (χ2v) is 9.76. The van der Waals surface area contributed by atoms with Crippen molar-refractivity contribution in [3.05, 3.63) is 48.0 Å². The van der Waals surface area contributed by atoms with E-state index >= 15 is 0 Å². The summed E-state index contributed by atoms with van der Waals surface area (Å²) in [6, 6.07) is 11.3. The van der Waals surface area contributed by atoms with Crippen LogP contribution in [0.25, 0.3) is 0 Å². The Morgan fingerprint density at radius 3 is 2.45 bits per heavy atom. The van der Waals surface area contributed by atoms with Crippen LogP contribution in [-0.2, 0) is 10.0 Å². The molecule has 2 aromatic carbocycles. The minimum absolute atomic E-state index is 0.0695. The first-order chi connectivity index (χ1) is 13.8. The lowest BCUT2D eigenvalue weighted by molar-refractivity contribution is -0.105. The van der Waals surface area contributed by atoms with Gasteiger partial charge in [-0.25, -0.2) is 12.7 Å². The lowest BCUT2D eigenvalue weighted by atomic mass is 9.94. The van der Waals surface area contributed by atoms with Gasteiger partial charge in [0.2, 0.25) is 10.0 Å². The number of ether oxygens (including phenoxy) is 2. The van der Waals surface area contributed by atoms with E-state index in [2.05, 4.69) is 5.32 Å². The van der Waals surface area contributed by atoms with Crippen LogP contribution in [0.15, 0.2) is 47.4 Å². The summed E-state index contributed by atoms with van der Waals surface area (Å²) in [6.45, 7) is 0. The molecular weight excluding hydrogens is 392 g/mol. The summed E-state index contributed by atoms with van der Waals surface area (Å²) in [4.78, 5) is 12.7. The average Bonchev–Trinajstić information content (AvgIpc) is 3.05. The number of nitrogens with zero attached hydrogens (tertiary/aromatic N) is 1. The van der Waals surface area contributed by atoms with E-state index in [0.717, 1.165) is 30.0 Å². The molecule has 0 unspecified atom stereocenters. The highest BCUT2D eigenvalue weighted by Crippen LogP contribution is 2.46. The Bertz CT molecular complexity index is 1040. The van der Waals surface area contributed by atoms with E-state index in [4.69, 9.17) is 9.47 Å². The minimum atomic E-state index is -3.61. The Morgan fingerprint density at radius 1 is 1.00 bits per heavy atom. The van der Waals surface area contributed by atoms with Crippen molar-refractivity contribution < 1.29 is 22.7 Å². The number of fused-ring (bicyclic) bond motifs is 1. The van der Waals surface area contributed by atoms with Crippen molar-refractivity contribution in [1.29, 1.82) is 0 Å². The summed E-state index contributed by atoms with van der Waals surface area (Å²) in [7, 11) is -0.709. The number of anilines is 1. The highest BCUT2D eigenvalue weighted by atomic mass is 32.2. The molecule has 8 heteroatoms. The first-order valence-electron chi connectivity index (χ1n) is 9.65. The van der Waals surface area contributed by atoms with E-state index in [1.807, 2.05) is 0 Å². The molecule has 1 aliphatic heterocycles. The third-order valence-electron chi connectivity index (χ3n) is 5.28. The van der Waals surface area contributed by atoms with Crippen molar-refractivity contribution >= 4 is 21.6 Å². The Hall–Kier alpha value is -2.58. The molecule has 0 aromatic heterocycles. The Kier molecular flexibility index (Phi) is 5.00. The molecule has 2 aromatic rings. The van der Waals surface area contributed by atoms with Gasteiger partial charge >= 0.3 is 0 Å². The molecule has 1 amide bonds. The lowest BCUT2D eigenvalue weighted by Gasteiger charge is -2.31. The number of nitrogens with one attached hydrogen (secondary N) is 1. The zero-order chi connectivity index (χ0) is 20.6. The summed E-state index contributed by atoms with van der Waals surface area (Å²) in [5.41, 5.74) is 0.820. The van der Waals surface area contributed by atoms with Crippen LogP contribution < -0.4 is 14.8 Å². The lowest BCUT2D eigenvalue weighted by Crippen LogP contribution is -2.40. The summed E-state index contributed by atoms with van der Waals surface area (Å²) in [5.74, 6) is 0.336. The third kappa shape index (κ3) is 3.82. The maximum absolute atomic E-state index is 12.7. The maximum Gasteiger partial charge on any atom is 0.255 e. The van der Waals surface area contributed by atoms with Gasteiger partial charge in [0.05, 0.1) is 4.90 Å². The van der Waals surface area contributed by atoms with Crippen molar-refractivity contribution in [1.82, 2.24) is 4.31 Å². The fourth-order valence-electron chi connectivity index (χ4n) is 3.68. The van der Waals surface area contributed by atoms with Gasteiger partial charge in [-0.2, -0.15) is 0 Å². The molecule has 1 N–H and O–H groups in total. The summed E-state index contributed by atoms with van der Waals surface area (Å²) >= 11 is 0. The van der Waals surface area contributed by atoms with Crippen LogP contribution in [0.3, 0.4) is 0 Å². The van der Waals surface area contributed by atoms with Crippen LogP contribution in [0, 0.1) is 0 Å². The molecule has 29 heavy (non-hydrogen) atoms. The zero-order valence-electron chi connectivity index (χ0n) is 16.5. The molecule has 1 aliphatic carbocycles. The van der Waals surface area contributed by atoms with Gasteiger partial charge in [-0.1, -0.05) is 12.5 Å². The third-order valence-corrected chi connectivity index (χ3v) is 7.09. The van der Waals surface area contributed by atoms with Gasteiger partial charge in [0.1, 0.15) is 0 Å². The molecule has 0 radical (unpaired) electrons. The molecule has 4 rings (SSSR count). The van der Waals surface area contributed by atoms with Gasteiger partial charge < -0.3 is 14.8 Å². The number of rotatable bonds is 4. The molecule has 1 heterocycles. The molecule has 1 saturated carbocycles. The monoisotopic (exact) mass is 416 g/mol. The van der Waals surface area contributed by atoms with Crippen molar-refractivity contribution in [2.75, 3.05) is 19.4 Å².